The van der Waals surface area contributed by atoms with Gasteiger partial charge in [-0.15, -0.1) is 0 Å². The molecule has 29 heavy (non-hydrogen) atoms. The van der Waals surface area contributed by atoms with Gasteiger partial charge in [0.1, 0.15) is 0 Å². The smallest absolute Gasteiger partial charge is 0.256 e. The van der Waals surface area contributed by atoms with E-state index in [1.54, 1.807) is 25.2 Å². The number of likely N-dealkylation sites (tertiary alicyclic amines) is 1. The average molecular weight is 396 g/mol. The molecule has 0 bridgehead atoms. The van der Waals surface area contributed by atoms with Gasteiger partial charge in [0.25, 0.3) is 5.91 Å². The summed E-state index contributed by atoms with van der Waals surface area (Å²) in [6, 6.07) is 8.93. The number of amides is 1. The molecule has 1 aliphatic heterocycles. The van der Waals surface area contributed by atoms with Crippen LogP contribution in [0, 0.1) is 0 Å². The molecule has 6 heteroatoms. The summed E-state index contributed by atoms with van der Waals surface area (Å²) in [7, 11) is 7.39. The number of anilines is 1. The van der Waals surface area contributed by atoms with Crippen molar-refractivity contribution in [3.8, 4) is 0 Å². The molecule has 1 saturated heterocycles. The maximum Gasteiger partial charge on any atom is 0.256 e. The monoisotopic (exact) mass is 395 g/mol. The summed E-state index contributed by atoms with van der Waals surface area (Å²) in [4.78, 5) is 27.8. The van der Waals surface area contributed by atoms with Crippen molar-refractivity contribution in [3.63, 3.8) is 0 Å². The summed E-state index contributed by atoms with van der Waals surface area (Å²) in [6.45, 7) is 7.28. The molecule has 2 heterocycles. The SMILES string of the molecule is CC(C)c1ccc(CN2CCC(c3nc(N(C)C)ncc3C(=O)N(C)C)C2)cc1. The minimum Gasteiger partial charge on any atom is -0.347 e. The molecule has 1 fully saturated rings. The summed E-state index contributed by atoms with van der Waals surface area (Å²) in [5.74, 6) is 1.41. The topological polar surface area (TPSA) is 52.6 Å². The van der Waals surface area contributed by atoms with Gasteiger partial charge in [0.05, 0.1) is 11.3 Å². The lowest BCUT2D eigenvalue weighted by Gasteiger charge is -2.20. The fourth-order valence-corrected chi connectivity index (χ4v) is 3.78. The number of carbonyl (C=O) groups is 1. The van der Waals surface area contributed by atoms with E-state index >= 15 is 0 Å². The van der Waals surface area contributed by atoms with E-state index in [0.717, 1.165) is 31.7 Å². The Morgan fingerprint density at radius 3 is 2.45 bits per heavy atom. The van der Waals surface area contributed by atoms with Crippen LogP contribution in [0.3, 0.4) is 0 Å². The fraction of sp³-hybridized carbons (Fsp3) is 0.522. The summed E-state index contributed by atoms with van der Waals surface area (Å²) >= 11 is 0. The normalized spacial score (nSPS) is 17.0. The minimum absolute atomic E-state index is 0.0342. The molecule has 1 amide bonds. The molecule has 0 N–H and O–H groups in total. The Morgan fingerprint density at radius 1 is 1.17 bits per heavy atom. The largest absolute Gasteiger partial charge is 0.347 e. The highest BCUT2D eigenvalue weighted by molar-refractivity contribution is 5.95. The van der Waals surface area contributed by atoms with E-state index in [0.29, 0.717) is 17.4 Å². The Morgan fingerprint density at radius 2 is 1.86 bits per heavy atom. The van der Waals surface area contributed by atoms with Gasteiger partial charge in [-0.1, -0.05) is 38.1 Å². The van der Waals surface area contributed by atoms with Gasteiger partial charge in [-0.2, -0.15) is 0 Å². The molecular formula is C23H33N5O. The predicted octanol–water partition coefficient (Wildman–Crippen LogP) is 3.36. The maximum atomic E-state index is 12.7. The highest BCUT2D eigenvalue weighted by atomic mass is 16.2. The van der Waals surface area contributed by atoms with E-state index in [4.69, 9.17) is 4.98 Å². The number of nitrogens with zero attached hydrogens (tertiary/aromatic N) is 5. The molecule has 1 aromatic carbocycles. The van der Waals surface area contributed by atoms with Crippen molar-refractivity contribution in [1.29, 1.82) is 0 Å². The summed E-state index contributed by atoms with van der Waals surface area (Å²) < 4.78 is 0. The first-order valence-electron chi connectivity index (χ1n) is 10.3. The Kier molecular flexibility index (Phi) is 6.52. The Bertz CT molecular complexity index is 845. The zero-order chi connectivity index (χ0) is 21.1. The van der Waals surface area contributed by atoms with E-state index in [1.807, 2.05) is 19.0 Å². The fourth-order valence-electron chi connectivity index (χ4n) is 3.78. The molecule has 1 aliphatic rings. The first-order chi connectivity index (χ1) is 13.8. The average Bonchev–Trinajstić information content (AvgIpc) is 3.15. The first kappa shape index (κ1) is 21.2. The molecule has 3 rings (SSSR count). The minimum atomic E-state index is -0.0342. The van der Waals surface area contributed by atoms with Gasteiger partial charge < -0.3 is 9.80 Å². The van der Waals surface area contributed by atoms with E-state index in [2.05, 4.69) is 48.0 Å². The van der Waals surface area contributed by atoms with Crippen LogP contribution in [-0.2, 0) is 6.54 Å². The number of rotatable bonds is 6. The Balaban J connectivity index is 1.77. The van der Waals surface area contributed by atoms with Crippen LogP contribution >= 0.6 is 0 Å². The molecule has 0 aliphatic carbocycles. The van der Waals surface area contributed by atoms with Gasteiger partial charge in [-0.05, 0) is 30.0 Å². The maximum absolute atomic E-state index is 12.7. The molecular weight excluding hydrogens is 362 g/mol. The van der Waals surface area contributed by atoms with E-state index in [-0.39, 0.29) is 11.8 Å². The lowest BCUT2D eigenvalue weighted by Crippen LogP contribution is -2.26. The van der Waals surface area contributed by atoms with Crippen molar-refractivity contribution < 1.29 is 4.79 Å². The van der Waals surface area contributed by atoms with E-state index in [9.17, 15) is 4.79 Å². The van der Waals surface area contributed by atoms with Crippen LogP contribution in [-0.4, -0.2) is 67.0 Å². The van der Waals surface area contributed by atoms with Crippen molar-refractivity contribution >= 4 is 11.9 Å². The molecule has 1 aromatic heterocycles. The summed E-state index contributed by atoms with van der Waals surface area (Å²) in [5, 5.41) is 0. The second-order valence-corrected chi connectivity index (χ2v) is 8.68. The van der Waals surface area contributed by atoms with Crippen molar-refractivity contribution in [2.75, 3.05) is 46.2 Å². The predicted molar refractivity (Wildman–Crippen MR) is 118 cm³/mol. The number of hydrogen-bond donors (Lipinski definition) is 0. The third kappa shape index (κ3) is 4.93. The molecule has 0 radical (unpaired) electrons. The standard InChI is InChI=1S/C23H33N5O/c1-16(2)18-9-7-17(8-10-18)14-28-12-11-19(15-28)21-20(22(29)26(3)4)13-24-23(25-21)27(5)6/h7-10,13,16,19H,11-12,14-15H2,1-6H3. The van der Waals surface area contributed by atoms with Gasteiger partial charge in [-0.25, -0.2) is 9.97 Å². The Labute approximate surface area is 174 Å². The molecule has 2 aromatic rings. The van der Waals surface area contributed by atoms with Crippen LogP contribution in [0.2, 0.25) is 0 Å². The van der Waals surface area contributed by atoms with Crippen molar-refractivity contribution in [2.45, 2.75) is 38.6 Å². The summed E-state index contributed by atoms with van der Waals surface area (Å²) in [6.07, 6.45) is 2.69. The van der Waals surface area contributed by atoms with Crippen LogP contribution in [0.4, 0.5) is 5.95 Å². The number of hydrogen-bond acceptors (Lipinski definition) is 5. The van der Waals surface area contributed by atoms with Gasteiger partial charge in [-0.3, -0.25) is 9.69 Å². The van der Waals surface area contributed by atoms with Gasteiger partial charge in [0.2, 0.25) is 5.95 Å². The van der Waals surface area contributed by atoms with Crippen LogP contribution < -0.4 is 4.90 Å². The zero-order valence-corrected chi connectivity index (χ0v) is 18.5. The highest BCUT2D eigenvalue weighted by Crippen LogP contribution is 2.30. The number of carbonyl (C=O) groups excluding carboxylic acids is 1. The molecule has 0 spiro atoms. The van der Waals surface area contributed by atoms with E-state index < -0.39 is 0 Å². The Hall–Kier alpha value is -2.47. The van der Waals surface area contributed by atoms with Gasteiger partial charge >= 0.3 is 0 Å². The van der Waals surface area contributed by atoms with Crippen LogP contribution in [0.15, 0.2) is 30.5 Å². The third-order valence-electron chi connectivity index (χ3n) is 5.55. The molecule has 1 atom stereocenters. The van der Waals surface area contributed by atoms with Gasteiger partial charge in [0, 0.05) is 53.4 Å². The summed E-state index contributed by atoms with van der Waals surface area (Å²) in [5.41, 5.74) is 4.20. The second kappa shape index (κ2) is 8.91. The second-order valence-electron chi connectivity index (χ2n) is 8.68. The lowest BCUT2D eigenvalue weighted by molar-refractivity contribution is 0.0825. The highest BCUT2D eigenvalue weighted by Gasteiger charge is 2.30. The molecule has 156 valence electrons. The quantitative estimate of drug-likeness (QED) is 0.751. The molecule has 0 saturated carbocycles. The zero-order valence-electron chi connectivity index (χ0n) is 18.5. The molecule has 6 nitrogen and oxygen atoms in total. The molecule has 1 unspecified atom stereocenters. The van der Waals surface area contributed by atoms with E-state index in [1.165, 1.54) is 11.1 Å². The lowest BCUT2D eigenvalue weighted by atomic mass is 9.99. The van der Waals surface area contributed by atoms with Crippen LogP contribution in [0.1, 0.15) is 59.3 Å². The number of aromatic nitrogens is 2. The first-order valence-corrected chi connectivity index (χ1v) is 10.3. The van der Waals surface area contributed by atoms with Crippen LogP contribution in [0.25, 0.3) is 0 Å². The number of benzene rings is 1. The van der Waals surface area contributed by atoms with Crippen LogP contribution in [0.5, 0.6) is 0 Å². The van der Waals surface area contributed by atoms with Crippen molar-refractivity contribution in [1.82, 2.24) is 19.8 Å². The van der Waals surface area contributed by atoms with Crippen molar-refractivity contribution in [3.05, 3.63) is 52.8 Å². The van der Waals surface area contributed by atoms with Crippen molar-refractivity contribution in [2.24, 2.45) is 0 Å². The third-order valence-corrected chi connectivity index (χ3v) is 5.55. The van der Waals surface area contributed by atoms with Gasteiger partial charge in [0.15, 0.2) is 0 Å².